The van der Waals surface area contributed by atoms with Gasteiger partial charge in [-0.25, -0.2) is 19.2 Å². The Kier molecular flexibility index (Phi) is 32.0. The number of alkyl carbamates (subject to hydrolysis) is 2. The van der Waals surface area contributed by atoms with Crippen LogP contribution in [0.25, 0.3) is 0 Å². The Hall–Kier alpha value is -1.93. The molecule has 0 aromatic carbocycles. The maximum absolute atomic E-state index is 11.6. The SMILES string of the molecule is C.CC(C)(C)OC(=O)NCC(O)C(C)(C)C.CC(Cl)OC(=O)Cl.CC(Cl)OC(=O)OC(CNC(=O)OC(C)(C)C)C(C)(C)C.CCOCC. The number of carbonyl (C=O) groups is 4. The van der Waals surface area contributed by atoms with Crippen molar-refractivity contribution in [3.63, 3.8) is 0 Å². The van der Waals surface area contributed by atoms with Gasteiger partial charge in [0.05, 0.1) is 12.6 Å². The third-order valence-corrected chi connectivity index (χ3v) is 5.06. The Morgan fingerprint density at radius 3 is 1.24 bits per heavy atom. The molecule has 13 nitrogen and oxygen atoms in total. The van der Waals surface area contributed by atoms with E-state index in [2.05, 4.69) is 15.4 Å². The first-order chi connectivity index (χ1) is 21.4. The van der Waals surface area contributed by atoms with Gasteiger partial charge in [0, 0.05) is 36.8 Å². The first-order valence-electron chi connectivity index (χ1n) is 15.6. The first-order valence-corrected chi connectivity index (χ1v) is 16.8. The molecule has 0 aromatic heterocycles. The molecule has 4 atom stereocenters. The number of rotatable bonds is 9. The Bertz CT molecular complexity index is 892. The van der Waals surface area contributed by atoms with Crippen LogP contribution in [-0.4, -0.2) is 89.7 Å². The summed E-state index contributed by atoms with van der Waals surface area (Å²) in [5.41, 5.74) is -4.01. The smallest absolute Gasteiger partial charge is 0.444 e. The minimum atomic E-state index is -0.873. The second-order valence-electron chi connectivity index (χ2n) is 14.2. The van der Waals surface area contributed by atoms with Gasteiger partial charge in [-0.05, 0) is 74.7 Å². The molecular formula is C33H67Cl3N2O11. The molecule has 0 aliphatic rings. The highest BCUT2D eigenvalue weighted by Crippen LogP contribution is 2.23. The highest BCUT2D eigenvalue weighted by atomic mass is 35.5. The predicted octanol–water partition coefficient (Wildman–Crippen LogP) is 9.21. The molecule has 0 aromatic rings. The molecule has 49 heavy (non-hydrogen) atoms. The zero-order valence-electron chi connectivity index (χ0n) is 31.8. The third kappa shape index (κ3) is 46.1. The fraction of sp³-hybridized carbons (Fsp3) is 0.879. The summed E-state index contributed by atoms with van der Waals surface area (Å²) in [6, 6.07) is 0. The molecule has 0 aliphatic carbocycles. The van der Waals surface area contributed by atoms with Gasteiger partial charge in [0.25, 0.3) is 0 Å². The molecule has 0 rings (SSSR count). The summed E-state index contributed by atoms with van der Waals surface area (Å²) in [6.07, 6.45) is -3.09. The quantitative estimate of drug-likeness (QED) is 0.0884. The van der Waals surface area contributed by atoms with Crippen LogP contribution in [0.1, 0.15) is 118 Å². The van der Waals surface area contributed by atoms with E-state index >= 15 is 0 Å². The Labute approximate surface area is 311 Å². The maximum Gasteiger partial charge on any atom is 0.510 e. The van der Waals surface area contributed by atoms with Gasteiger partial charge in [0.1, 0.15) is 17.3 Å². The molecule has 0 bridgehead atoms. The van der Waals surface area contributed by atoms with Crippen molar-refractivity contribution >= 4 is 58.6 Å². The van der Waals surface area contributed by atoms with Crippen LogP contribution in [0.5, 0.6) is 0 Å². The van der Waals surface area contributed by atoms with E-state index in [1.165, 1.54) is 13.8 Å². The minimum Gasteiger partial charge on any atom is -0.444 e. The molecule has 16 heteroatoms. The van der Waals surface area contributed by atoms with E-state index in [0.717, 1.165) is 13.2 Å². The van der Waals surface area contributed by atoms with Crippen molar-refractivity contribution in [2.45, 2.75) is 153 Å². The molecule has 0 aliphatic heterocycles. The molecule has 0 saturated heterocycles. The first kappa shape index (κ1) is 56.4. The van der Waals surface area contributed by atoms with Crippen LogP contribution < -0.4 is 10.6 Å². The molecule has 296 valence electrons. The summed E-state index contributed by atoms with van der Waals surface area (Å²) < 4.78 is 29.1. The Morgan fingerprint density at radius 2 is 1.02 bits per heavy atom. The van der Waals surface area contributed by atoms with Gasteiger partial charge in [-0.1, -0.05) is 72.2 Å². The van der Waals surface area contributed by atoms with Crippen LogP contribution in [0, 0.1) is 10.8 Å². The van der Waals surface area contributed by atoms with Crippen molar-refractivity contribution in [1.82, 2.24) is 10.6 Å². The van der Waals surface area contributed by atoms with Crippen LogP contribution in [0.3, 0.4) is 0 Å². The van der Waals surface area contributed by atoms with E-state index in [-0.39, 0.29) is 31.3 Å². The second kappa shape index (κ2) is 27.8. The molecule has 2 amide bonds. The fourth-order valence-corrected chi connectivity index (χ4v) is 2.76. The summed E-state index contributed by atoms with van der Waals surface area (Å²) in [5.74, 6) is 0. The summed E-state index contributed by atoms with van der Waals surface area (Å²) in [7, 11) is 0. The lowest BCUT2D eigenvalue weighted by atomic mass is 9.89. The van der Waals surface area contributed by atoms with Crippen LogP contribution in [-0.2, 0) is 28.4 Å². The zero-order valence-corrected chi connectivity index (χ0v) is 34.1. The summed E-state index contributed by atoms with van der Waals surface area (Å²) in [4.78, 5) is 44.1. The van der Waals surface area contributed by atoms with Gasteiger partial charge in [-0.3, -0.25) is 0 Å². The van der Waals surface area contributed by atoms with E-state index < -0.39 is 58.3 Å². The van der Waals surface area contributed by atoms with Crippen molar-refractivity contribution in [3.8, 4) is 0 Å². The molecule has 0 spiro atoms. The number of amides is 2. The van der Waals surface area contributed by atoms with Gasteiger partial charge in [-0.2, -0.15) is 0 Å². The fourth-order valence-electron chi connectivity index (χ4n) is 2.42. The monoisotopic (exact) mass is 772 g/mol. The summed E-state index contributed by atoms with van der Waals surface area (Å²) >= 11 is 15.4. The number of ether oxygens (including phenoxy) is 6. The summed E-state index contributed by atoms with van der Waals surface area (Å²) in [5, 5.41) is 14.8. The number of halogens is 3. The van der Waals surface area contributed by atoms with Gasteiger partial charge in [0.2, 0.25) is 0 Å². The zero-order chi connectivity index (χ0) is 39.1. The van der Waals surface area contributed by atoms with Gasteiger partial charge in [-0.15, -0.1) is 0 Å². The lowest BCUT2D eigenvalue weighted by molar-refractivity contribution is -0.0211. The van der Waals surface area contributed by atoms with Crippen LogP contribution >= 0.6 is 34.8 Å². The molecule has 0 fully saturated rings. The lowest BCUT2D eigenvalue weighted by Gasteiger charge is -2.30. The molecule has 3 N–H and O–H groups in total. The molecule has 0 radical (unpaired) electrons. The number of hydrogen-bond acceptors (Lipinski definition) is 11. The number of alkyl halides is 2. The molecule has 4 unspecified atom stereocenters. The standard InChI is InChI=1S/C14H26ClNO5.C11H23NO3.C4H10O.C3H4Cl2O2.CH4/c1-9(15)19-12(18)20-10(13(2,3)4)8-16-11(17)21-14(5,6)7;1-10(2,3)8(13)7-12-9(14)15-11(4,5)6;1-3-5-4-2;1-2(4)7-3(5)6;/h9-10H,8H2,1-7H3,(H,16,17);8,13H,7H2,1-6H3,(H,12,14);3-4H2,1-2H3;2H,1H3;1H4. The van der Waals surface area contributed by atoms with Crippen molar-refractivity contribution in [2.24, 2.45) is 10.8 Å². The second-order valence-corrected chi connectivity index (χ2v) is 15.7. The predicted molar refractivity (Wildman–Crippen MR) is 197 cm³/mol. The largest absolute Gasteiger partial charge is 0.510 e. The van der Waals surface area contributed by atoms with Crippen LogP contribution in [0.15, 0.2) is 0 Å². The third-order valence-electron chi connectivity index (χ3n) is 4.80. The average molecular weight is 774 g/mol. The van der Waals surface area contributed by atoms with Crippen molar-refractivity contribution in [3.05, 3.63) is 0 Å². The Balaban J connectivity index is -0.000000199. The Morgan fingerprint density at radius 1 is 0.653 bits per heavy atom. The van der Waals surface area contributed by atoms with Crippen molar-refractivity contribution in [1.29, 1.82) is 0 Å². The normalized spacial score (nSPS) is 13.6. The number of nitrogens with one attached hydrogen (secondary N) is 2. The van der Waals surface area contributed by atoms with E-state index in [1.54, 1.807) is 41.5 Å². The van der Waals surface area contributed by atoms with E-state index in [9.17, 15) is 24.3 Å². The molecule has 0 saturated carbocycles. The number of hydrogen-bond donors (Lipinski definition) is 3. The minimum absolute atomic E-state index is 0. The lowest BCUT2D eigenvalue weighted by Crippen LogP contribution is -2.44. The number of carbonyl (C=O) groups excluding carboxylic acids is 4. The molecule has 0 heterocycles. The average Bonchev–Trinajstić information content (AvgIpc) is 2.82. The van der Waals surface area contributed by atoms with Gasteiger partial charge < -0.3 is 44.2 Å². The highest BCUT2D eigenvalue weighted by Gasteiger charge is 2.30. The number of aliphatic hydroxyl groups is 1. The van der Waals surface area contributed by atoms with Crippen molar-refractivity contribution < 1.29 is 52.7 Å². The summed E-state index contributed by atoms with van der Waals surface area (Å²) in [6.45, 7) is 31.1. The van der Waals surface area contributed by atoms with Gasteiger partial charge in [0.15, 0.2) is 11.1 Å². The van der Waals surface area contributed by atoms with E-state index in [0.29, 0.717) is 0 Å². The number of aliphatic hydroxyl groups excluding tert-OH is 1. The topological polar surface area (TPSA) is 168 Å². The van der Waals surface area contributed by atoms with E-state index in [4.69, 9.17) is 58.5 Å². The van der Waals surface area contributed by atoms with E-state index in [1.807, 2.05) is 55.4 Å². The molecular weight excluding hydrogens is 707 g/mol. The van der Waals surface area contributed by atoms with Crippen molar-refractivity contribution in [2.75, 3.05) is 26.3 Å². The van der Waals surface area contributed by atoms with Crippen LogP contribution in [0.4, 0.5) is 19.2 Å². The maximum atomic E-state index is 11.6. The highest BCUT2D eigenvalue weighted by molar-refractivity contribution is 6.61. The van der Waals surface area contributed by atoms with Crippen LogP contribution in [0.2, 0.25) is 0 Å². The van der Waals surface area contributed by atoms with Gasteiger partial charge >= 0.3 is 23.8 Å².